The van der Waals surface area contributed by atoms with Gasteiger partial charge in [-0.2, -0.15) is 0 Å². The van der Waals surface area contributed by atoms with Crippen LogP contribution in [0, 0.1) is 0 Å². The van der Waals surface area contributed by atoms with Gasteiger partial charge in [-0.05, 0) is 0 Å². The summed E-state index contributed by atoms with van der Waals surface area (Å²) in [6.07, 6.45) is 0.929. The Balaban J connectivity index is 2.57. The predicted molar refractivity (Wildman–Crippen MR) is 33.7 cm³/mol. The number of hydrogen-bond donors (Lipinski definition) is 1. The summed E-state index contributed by atoms with van der Waals surface area (Å²) in [5.74, 6) is 0.249. The van der Waals surface area contributed by atoms with Crippen LogP contribution >= 0.6 is 0 Å². The Morgan fingerprint density at radius 2 is 2.64 bits per heavy atom. The van der Waals surface area contributed by atoms with Gasteiger partial charge in [0.15, 0.2) is 12.3 Å². The molecule has 6 heteroatoms. The normalized spacial score (nSPS) is 9.27. The smallest absolute Gasteiger partial charge is 0.413 e. The van der Waals surface area contributed by atoms with E-state index in [1.54, 1.807) is 7.05 Å². The first-order chi connectivity index (χ1) is 5.22. The van der Waals surface area contributed by atoms with Crippen molar-refractivity contribution in [3.8, 4) is 0 Å². The van der Waals surface area contributed by atoms with Gasteiger partial charge in [-0.1, -0.05) is 4.68 Å². The van der Waals surface area contributed by atoms with Crippen LogP contribution in [0.15, 0.2) is 10.7 Å². The van der Waals surface area contributed by atoms with E-state index in [0.29, 0.717) is 0 Å². The Bertz CT molecular complexity index is 257. The van der Waals surface area contributed by atoms with Crippen LogP contribution < -0.4 is 10.00 Å². The first kappa shape index (κ1) is 7.52. The van der Waals surface area contributed by atoms with E-state index in [2.05, 4.69) is 19.8 Å². The standard InChI is InChI=1S/C5H7N3O3/c1-8-3-4(11-7-8)6-5(9)10-2/h3H,1-2H3/p+1. The number of ether oxygens (including phenoxy) is 1. The molecule has 0 bridgehead atoms. The maximum absolute atomic E-state index is 10.6. The lowest BCUT2D eigenvalue weighted by Crippen LogP contribution is -2.28. The van der Waals surface area contributed by atoms with Crippen LogP contribution in [0.3, 0.4) is 0 Å². The molecule has 1 rings (SSSR count). The number of anilines is 1. The summed E-state index contributed by atoms with van der Waals surface area (Å²) in [4.78, 5) is 10.6. The Labute approximate surface area is 62.7 Å². The molecule has 0 radical (unpaired) electrons. The van der Waals surface area contributed by atoms with Crippen LogP contribution in [0.1, 0.15) is 0 Å². The minimum Gasteiger partial charge on any atom is -0.453 e. The number of nitrogens with zero attached hydrogens (tertiary/aromatic N) is 2. The minimum atomic E-state index is -0.582. The molecule has 0 saturated heterocycles. The number of aryl methyl sites for hydroxylation is 1. The van der Waals surface area contributed by atoms with Gasteiger partial charge < -0.3 is 4.74 Å². The Hall–Kier alpha value is -1.59. The highest BCUT2D eigenvalue weighted by atomic mass is 16.5. The lowest BCUT2D eigenvalue weighted by molar-refractivity contribution is -0.739. The topological polar surface area (TPSA) is 68.2 Å². The van der Waals surface area contributed by atoms with Gasteiger partial charge in [0.2, 0.25) is 0 Å². The maximum atomic E-state index is 10.6. The number of hydrogen-bond acceptors (Lipinski definition) is 4. The maximum Gasteiger partial charge on any atom is 0.413 e. The molecule has 0 aliphatic carbocycles. The van der Waals surface area contributed by atoms with Crippen molar-refractivity contribution in [2.75, 3.05) is 12.4 Å². The average Bonchev–Trinajstić information content (AvgIpc) is 2.35. The molecule has 1 heterocycles. The Morgan fingerprint density at radius 3 is 3.09 bits per heavy atom. The summed E-state index contributed by atoms with van der Waals surface area (Å²) in [5.41, 5.74) is 0. The van der Waals surface area contributed by atoms with Crippen LogP contribution in [-0.4, -0.2) is 18.5 Å². The van der Waals surface area contributed by atoms with Gasteiger partial charge in [0.25, 0.3) is 6.20 Å². The van der Waals surface area contributed by atoms with Gasteiger partial charge in [0.05, 0.1) is 7.11 Å². The molecule has 1 amide bonds. The SMILES string of the molecule is COC(=O)Nc1c[n+](C)no1. The van der Waals surface area contributed by atoms with Crippen molar-refractivity contribution in [2.45, 2.75) is 0 Å². The van der Waals surface area contributed by atoms with Gasteiger partial charge in [0.1, 0.15) is 0 Å². The second-order valence-corrected chi connectivity index (χ2v) is 1.86. The molecule has 0 aliphatic rings. The van der Waals surface area contributed by atoms with Gasteiger partial charge in [-0.15, -0.1) is 0 Å². The number of amides is 1. The number of rotatable bonds is 1. The molecule has 0 spiro atoms. The van der Waals surface area contributed by atoms with Crippen molar-refractivity contribution < 1.29 is 18.7 Å². The van der Waals surface area contributed by atoms with E-state index in [9.17, 15) is 4.79 Å². The van der Waals surface area contributed by atoms with Crippen molar-refractivity contribution >= 4 is 12.0 Å². The summed E-state index contributed by atoms with van der Waals surface area (Å²) < 4.78 is 10.4. The van der Waals surface area contributed by atoms with E-state index < -0.39 is 6.09 Å². The summed E-state index contributed by atoms with van der Waals surface area (Å²) in [5, 5.41) is 5.78. The molecule has 0 saturated carbocycles. The van der Waals surface area contributed by atoms with Crippen molar-refractivity contribution in [1.29, 1.82) is 0 Å². The fourth-order valence-corrected chi connectivity index (χ4v) is 0.532. The summed E-state index contributed by atoms with van der Waals surface area (Å²) in [7, 11) is 2.94. The molecule has 11 heavy (non-hydrogen) atoms. The van der Waals surface area contributed by atoms with Crippen LogP contribution in [0.25, 0.3) is 0 Å². The predicted octanol–water partition coefficient (Wildman–Crippen LogP) is -0.323. The molecule has 1 aromatic rings. The number of nitrogens with one attached hydrogen (secondary N) is 1. The number of methoxy groups -OCH3 is 1. The Kier molecular flexibility index (Phi) is 2.05. The number of carbonyl (C=O) groups is 1. The third-order valence-electron chi connectivity index (χ3n) is 0.983. The summed E-state index contributed by atoms with van der Waals surface area (Å²) >= 11 is 0. The van der Waals surface area contributed by atoms with E-state index in [0.717, 1.165) is 0 Å². The highest BCUT2D eigenvalue weighted by molar-refractivity contribution is 5.82. The molecular weight excluding hydrogens is 150 g/mol. The first-order valence-electron chi connectivity index (χ1n) is 2.90. The zero-order valence-electron chi connectivity index (χ0n) is 6.20. The van der Waals surface area contributed by atoms with Crippen LogP contribution in [0.5, 0.6) is 0 Å². The van der Waals surface area contributed by atoms with E-state index in [4.69, 9.17) is 0 Å². The van der Waals surface area contributed by atoms with E-state index in [1.807, 2.05) is 0 Å². The molecule has 0 atom stereocenters. The van der Waals surface area contributed by atoms with Gasteiger partial charge in [0, 0.05) is 0 Å². The third-order valence-corrected chi connectivity index (χ3v) is 0.983. The lowest BCUT2D eigenvalue weighted by atomic mass is 10.8. The molecule has 1 N–H and O–H groups in total. The molecule has 1 aromatic heterocycles. The van der Waals surface area contributed by atoms with E-state index >= 15 is 0 Å². The molecule has 0 fully saturated rings. The first-order valence-corrected chi connectivity index (χ1v) is 2.90. The third kappa shape index (κ3) is 1.92. The van der Waals surface area contributed by atoms with Gasteiger partial charge >= 0.3 is 12.0 Å². The van der Waals surface area contributed by atoms with Crippen LogP contribution in [0.2, 0.25) is 0 Å². The van der Waals surface area contributed by atoms with Crippen molar-refractivity contribution in [3.05, 3.63) is 6.20 Å². The zero-order valence-corrected chi connectivity index (χ0v) is 6.20. The fourth-order valence-electron chi connectivity index (χ4n) is 0.532. The minimum absolute atomic E-state index is 0.249. The van der Waals surface area contributed by atoms with E-state index in [-0.39, 0.29) is 5.88 Å². The second kappa shape index (κ2) is 3.00. The van der Waals surface area contributed by atoms with Gasteiger partial charge in [-0.25, -0.2) is 4.79 Å². The molecular formula is C5H8N3O3+. The van der Waals surface area contributed by atoms with Crippen LogP contribution in [-0.2, 0) is 11.8 Å². The molecule has 0 unspecified atom stereocenters. The quantitative estimate of drug-likeness (QED) is 0.568. The monoisotopic (exact) mass is 158 g/mol. The molecule has 60 valence electrons. The summed E-state index contributed by atoms with van der Waals surface area (Å²) in [6.45, 7) is 0. The lowest BCUT2D eigenvalue weighted by Gasteiger charge is -1.93. The van der Waals surface area contributed by atoms with Crippen LogP contribution in [0.4, 0.5) is 10.7 Å². The average molecular weight is 158 g/mol. The highest BCUT2D eigenvalue weighted by Gasteiger charge is 2.09. The molecule has 0 aliphatic heterocycles. The van der Waals surface area contributed by atoms with Crippen molar-refractivity contribution in [2.24, 2.45) is 7.05 Å². The fraction of sp³-hybridized carbons (Fsp3) is 0.400. The van der Waals surface area contributed by atoms with Crippen molar-refractivity contribution in [1.82, 2.24) is 5.27 Å². The number of aromatic nitrogens is 2. The largest absolute Gasteiger partial charge is 0.453 e. The Morgan fingerprint density at radius 1 is 1.91 bits per heavy atom. The number of carbonyl (C=O) groups excluding carboxylic acids is 1. The second-order valence-electron chi connectivity index (χ2n) is 1.86. The summed E-state index contributed by atoms with van der Waals surface area (Å²) in [6, 6.07) is 0. The highest BCUT2D eigenvalue weighted by Crippen LogP contribution is 1.99. The van der Waals surface area contributed by atoms with Crippen molar-refractivity contribution in [3.63, 3.8) is 0 Å². The van der Waals surface area contributed by atoms with E-state index in [1.165, 1.54) is 18.0 Å². The zero-order chi connectivity index (χ0) is 8.27. The molecule has 0 aromatic carbocycles. The molecule has 6 nitrogen and oxygen atoms in total. The van der Waals surface area contributed by atoms with Gasteiger partial charge in [-0.3, -0.25) is 9.84 Å².